The van der Waals surface area contributed by atoms with E-state index < -0.39 is 0 Å². The van der Waals surface area contributed by atoms with E-state index in [-0.39, 0.29) is 0 Å². The lowest BCUT2D eigenvalue weighted by molar-refractivity contribution is 0.736. The minimum absolute atomic E-state index is 0.955. The summed E-state index contributed by atoms with van der Waals surface area (Å²) in [6.07, 6.45) is 1.72. The summed E-state index contributed by atoms with van der Waals surface area (Å²) in [5.41, 5.74) is 0. The fourth-order valence-electron chi connectivity index (χ4n) is 1.24. The third kappa shape index (κ3) is 3.33. The third-order valence-corrected chi connectivity index (χ3v) is 3.97. The van der Waals surface area contributed by atoms with E-state index in [2.05, 4.69) is 33.0 Å². The maximum absolute atomic E-state index is 4.01. The normalized spacial score (nSPS) is 10.8. The molecule has 0 fully saturated rings. The van der Waals surface area contributed by atoms with Gasteiger partial charge in [0.15, 0.2) is 5.16 Å². The van der Waals surface area contributed by atoms with Gasteiger partial charge in [0.05, 0.1) is 0 Å². The average Bonchev–Trinajstić information content (AvgIpc) is 2.90. The zero-order valence-corrected chi connectivity index (χ0v) is 10.7. The average molecular weight is 254 g/mol. The van der Waals surface area contributed by atoms with E-state index in [9.17, 15) is 0 Å². The van der Waals surface area contributed by atoms with E-state index >= 15 is 0 Å². The summed E-state index contributed by atoms with van der Waals surface area (Å²) in [4.78, 5) is 1.38. The number of rotatable bonds is 6. The monoisotopic (exact) mass is 254 g/mol. The highest BCUT2D eigenvalue weighted by atomic mass is 32.2. The van der Waals surface area contributed by atoms with Gasteiger partial charge in [-0.25, -0.2) is 0 Å². The van der Waals surface area contributed by atoms with Gasteiger partial charge in [-0.2, -0.15) is 0 Å². The number of hydrogen-bond acceptors (Lipinski definition) is 5. The molecule has 0 unspecified atom stereocenters. The Labute approximate surface area is 103 Å². The second-order valence-electron chi connectivity index (χ2n) is 3.33. The second kappa shape index (κ2) is 6.03. The van der Waals surface area contributed by atoms with Crippen molar-refractivity contribution in [3.05, 3.63) is 28.7 Å². The van der Waals surface area contributed by atoms with Gasteiger partial charge in [-0.15, -0.1) is 21.5 Å². The van der Waals surface area contributed by atoms with Crippen LogP contribution in [0.5, 0.6) is 0 Å². The lowest BCUT2D eigenvalue weighted by Gasteiger charge is -2.02. The molecule has 0 spiro atoms. The van der Waals surface area contributed by atoms with Gasteiger partial charge in [0.2, 0.25) is 0 Å². The molecule has 2 aromatic rings. The lowest BCUT2D eigenvalue weighted by atomic mass is 10.4. The lowest BCUT2D eigenvalue weighted by Crippen LogP contribution is -2.15. The van der Waals surface area contributed by atoms with Crippen molar-refractivity contribution in [2.24, 2.45) is 7.05 Å². The van der Waals surface area contributed by atoms with Gasteiger partial charge in [-0.1, -0.05) is 17.8 Å². The topological polar surface area (TPSA) is 42.7 Å². The Hall–Kier alpha value is -0.850. The standard InChI is InChI=1S/C10H14N4S2/c1-14-8-12-13-10(14)16-6-4-11-7-9-3-2-5-15-9/h2-3,5,8,11H,4,6-7H2,1H3. The quantitative estimate of drug-likeness (QED) is 0.630. The van der Waals surface area contributed by atoms with Gasteiger partial charge < -0.3 is 9.88 Å². The predicted molar refractivity (Wildman–Crippen MR) is 67.8 cm³/mol. The molecular weight excluding hydrogens is 240 g/mol. The first-order valence-corrected chi connectivity index (χ1v) is 6.92. The van der Waals surface area contributed by atoms with Crippen molar-refractivity contribution in [2.75, 3.05) is 12.3 Å². The van der Waals surface area contributed by atoms with Crippen molar-refractivity contribution in [3.63, 3.8) is 0 Å². The number of thioether (sulfide) groups is 1. The Morgan fingerprint density at radius 1 is 1.56 bits per heavy atom. The molecule has 0 amide bonds. The van der Waals surface area contributed by atoms with Crippen molar-refractivity contribution in [1.29, 1.82) is 0 Å². The Morgan fingerprint density at radius 2 is 2.50 bits per heavy atom. The minimum Gasteiger partial charge on any atom is -0.312 e. The maximum atomic E-state index is 4.01. The molecule has 86 valence electrons. The highest BCUT2D eigenvalue weighted by molar-refractivity contribution is 7.99. The maximum Gasteiger partial charge on any atom is 0.190 e. The summed E-state index contributed by atoms with van der Waals surface area (Å²) < 4.78 is 1.93. The Bertz CT molecular complexity index is 410. The molecule has 0 saturated carbocycles. The smallest absolute Gasteiger partial charge is 0.190 e. The molecule has 2 rings (SSSR count). The first-order valence-electron chi connectivity index (χ1n) is 5.06. The first kappa shape index (κ1) is 11.6. The van der Waals surface area contributed by atoms with Gasteiger partial charge in [-0.3, -0.25) is 0 Å². The van der Waals surface area contributed by atoms with Gasteiger partial charge in [0.25, 0.3) is 0 Å². The minimum atomic E-state index is 0.955. The van der Waals surface area contributed by atoms with Crippen LogP contribution in [-0.2, 0) is 13.6 Å². The van der Waals surface area contributed by atoms with Crippen molar-refractivity contribution in [1.82, 2.24) is 20.1 Å². The van der Waals surface area contributed by atoms with Gasteiger partial charge in [-0.05, 0) is 11.4 Å². The second-order valence-corrected chi connectivity index (χ2v) is 5.42. The van der Waals surface area contributed by atoms with Crippen LogP contribution in [0.15, 0.2) is 29.0 Å². The summed E-state index contributed by atoms with van der Waals surface area (Å²) in [6, 6.07) is 4.23. The summed E-state index contributed by atoms with van der Waals surface area (Å²) in [5.74, 6) is 1.01. The summed E-state index contributed by atoms with van der Waals surface area (Å²) in [7, 11) is 1.96. The number of thiophene rings is 1. The Balaban J connectivity index is 1.61. The van der Waals surface area contributed by atoms with Crippen molar-refractivity contribution in [2.45, 2.75) is 11.7 Å². The molecule has 4 nitrogen and oxygen atoms in total. The van der Waals surface area contributed by atoms with Gasteiger partial charge in [0.1, 0.15) is 6.33 Å². The van der Waals surface area contributed by atoms with Crippen LogP contribution in [0.4, 0.5) is 0 Å². The highest BCUT2D eigenvalue weighted by Crippen LogP contribution is 2.12. The van der Waals surface area contributed by atoms with Crippen LogP contribution in [-0.4, -0.2) is 27.1 Å². The SMILES string of the molecule is Cn1cnnc1SCCNCc1cccs1. The number of aryl methyl sites for hydroxylation is 1. The fourth-order valence-corrected chi connectivity index (χ4v) is 2.70. The van der Waals surface area contributed by atoms with Crippen LogP contribution in [0.3, 0.4) is 0 Å². The van der Waals surface area contributed by atoms with Crippen molar-refractivity contribution < 1.29 is 0 Å². The van der Waals surface area contributed by atoms with E-state index in [1.807, 2.05) is 11.6 Å². The number of nitrogens with zero attached hydrogens (tertiary/aromatic N) is 3. The van der Waals surface area contributed by atoms with Crippen LogP contribution in [0.25, 0.3) is 0 Å². The molecule has 0 radical (unpaired) electrons. The molecule has 0 atom stereocenters. The largest absolute Gasteiger partial charge is 0.312 e. The molecule has 0 aliphatic carbocycles. The Morgan fingerprint density at radius 3 is 3.19 bits per heavy atom. The molecule has 0 bridgehead atoms. The van der Waals surface area contributed by atoms with Crippen molar-refractivity contribution in [3.8, 4) is 0 Å². The summed E-state index contributed by atoms with van der Waals surface area (Å²) in [6.45, 7) is 1.94. The van der Waals surface area contributed by atoms with Crippen molar-refractivity contribution >= 4 is 23.1 Å². The molecule has 1 N–H and O–H groups in total. The van der Waals surface area contributed by atoms with Crippen LogP contribution < -0.4 is 5.32 Å². The molecule has 2 heterocycles. The molecule has 16 heavy (non-hydrogen) atoms. The van der Waals surface area contributed by atoms with E-state index in [4.69, 9.17) is 0 Å². The first-order chi connectivity index (χ1) is 7.86. The van der Waals surface area contributed by atoms with E-state index in [0.29, 0.717) is 0 Å². The summed E-state index contributed by atoms with van der Waals surface area (Å²) >= 11 is 3.51. The molecule has 6 heteroatoms. The van der Waals surface area contributed by atoms with Gasteiger partial charge in [0, 0.05) is 30.8 Å². The molecule has 0 aromatic carbocycles. The third-order valence-electron chi connectivity index (χ3n) is 2.06. The molecule has 0 aliphatic heterocycles. The zero-order valence-electron chi connectivity index (χ0n) is 9.09. The number of aromatic nitrogens is 3. The van der Waals surface area contributed by atoms with E-state index in [0.717, 1.165) is 24.0 Å². The number of hydrogen-bond donors (Lipinski definition) is 1. The molecule has 2 aromatic heterocycles. The van der Waals surface area contributed by atoms with E-state index in [1.54, 1.807) is 29.4 Å². The van der Waals surface area contributed by atoms with E-state index in [1.165, 1.54) is 4.88 Å². The van der Waals surface area contributed by atoms with Crippen LogP contribution >= 0.6 is 23.1 Å². The highest BCUT2D eigenvalue weighted by Gasteiger charge is 2.00. The van der Waals surface area contributed by atoms with Crippen LogP contribution in [0, 0.1) is 0 Å². The predicted octanol–water partition coefficient (Wildman–Crippen LogP) is 1.76. The van der Waals surface area contributed by atoms with Crippen LogP contribution in [0.1, 0.15) is 4.88 Å². The molecule has 0 aliphatic rings. The van der Waals surface area contributed by atoms with Gasteiger partial charge >= 0.3 is 0 Å². The number of nitrogens with one attached hydrogen (secondary N) is 1. The Kier molecular flexibility index (Phi) is 4.38. The summed E-state index contributed by atoms with van der Waals surface area (Å²) in [5, 5.41) is 14.3. The zero-order chi connectivity index (χ0) is 11.2. The fraction of sp³-hybridized carbons (Fsp3) is 0.400. The molecular formula is C10H14N4S2. The van der Waals surface area contributed by atoms with Crippen LogP contribution in [0.2, 0.25) is 0 Å². The molecule has 0 saturated heterocycles.